The highest BCUT2D eigenvalue weighted by atomic mass is 16.5. The smallest absolute Gasteiger partial charge is 0.253 e. The lowest BCUT2D eigenvalue weighted by Crippen LogP contribution is -2.56. The van der Waals surface area contributed by atoms with E-state index in [1.807, 2.05) is 37.1 Å². The highest BCUT2D eigenvalue weighted by Crippen LogP contribution is 2.30. The van der Waals surface area contributed by atoms with Gasteiger partial charge in [-0.1, -0.05) is 0 Å². The largest absolute Gasteiger partial charge is 0.365 e. The molecule has 0 saturated carbocycles. The van der Waals surface area contributed by atoms with E-state index >= 15 is 0 Å². The van der Waals surface area contributed by atoms with Gasteiger partial charge in [0.1, 0.15) is 6.07 Å². The van der Waals surface area contributed by atoms with Crippen LogP contribution < -0.4 is 10.2 Å². The molecule has 0 spiro atoms. The summed E-state index contributed by atoms with van der Waals surface area (Å²) < 4.78 is 6.05. The van der Waals surface area contributed by atoms with E-state index in [0.717, 1.165) is 37.0 Å². The summed E-state index contributed by atoms with van der Waals surface area (Å²) >= 11 is 0. The van der Waals surface area contributed by atoms with Crippen LogP contribution in [0, 0.1) is 11.3 Å². The number of morpholine rings is 1. The lowest BCUT2D eigenvalue weighted by Gasteiger charge is -2.41. The van der Waals surface area contributed by atoms with Crippen molar-refractivity contribution in [2.75, 3.05) is 38.1 Å². The van der Waals surface area contributed by atoms with E-state index < -0.39 is 6.10 Å². The number of amides is 1. The Morgan fingerprint density at radius 3 is 3.00 bits per heavy atom. The van der Waals surface area contributed by atoms with Crippen molar-refractivity contribution in [3.63, 3.8) is 0 Å². The summed E-state index contributed by atoms with van der Waals surface area (Å²) in [4.78, 5) is 21.6. The van der Waals surface area contributed by atoms with E-state index in [1.54, 1.807) is 12.3 Å². The Balaban J connectivity index is 1.59. The van der Waals surface area contributed by atoms with Crippen molar-refractivity contribution in [1.29, 1.82) is 5.26 Å². The van der Waals surface area contributed by atoms with Gasteiger partial charge in [0.25, 0.3) is 5.91 Å². The van der Waals surface area contributed by atoms with Gasteiger partial charge in [0, 0.05) is 43.4 Å². The number of rotatable bonds is 3. The number of anilines is 1. The van der Waals surface area contributed by atoms with Crippen LogP contribution in [-0.2, 0) is 9.53 Å². The fourth-order valence-corrected chi connectivity index (χ4v) is 4.38. The SMILES string of the molecule is C[C@@H]1CN(c2ccc(C#N)c3ncccc23)C[C@H](C(=O)N(C)[C@H]2CCCNC2)O1. The molecule has 1 N–H and O–H groups in total. The number of fused-ring (bicyclic) bond motifs is 1. The van der Waals surface area contributed by atoms with Gasteiger partial charge in [-0.25, -0.2) is 0 Å². The first-order chi connectivity index (χ1) is 14.1. The third-order valence-electron chi connectivity index (χ3n) is 5.91. The zero-order valence-electron chi connectivity index (χ0n) is 17.0. The van der Waals surface area contributed by atoms with Crippen molar-refractivity contribution in [3.8, 4) is 6.07 Å². The molecule has 0 radical (unpaired) electrons. The number of nitriles is 1. The van der Waals surface area contributed by atoms with Crippen LogP contribution in [0.2, 0.25) is 0 Å². The molecular weight excluding hydrogens is 366 g/mol. The number of nitrogens with one attached hydrogen (secondary N) is 1. The Hall–Kier alpha value is -2.69. The van der Waals surface area contributed by atoms with Gasteiger partial charge in [0.2, 0.25) is 0 Å². The lowest BCUT2D eigenvalue weighted by molar-refractivity contribution is -0.149. The molecule has 0 bridgehead atoms. The zero-order chi connectivity index (χ0) is 20.4. The number of piperidine rings is 1. The number of hydrogen-bond acceptors (Lipinski definition) is 6. The van der Waals surface area contributed by atoms with Crippen LogP contribution in [0.3, 0.4) is 0 Å². The van der Waals surface area contributed by atoms with E-state index in [2.05, 4.69) is 21.3 Å². The van der Waals surface area contributed by atoms with Crippen LogP contribution in [0.1, 0.15) is 25.3 Å². The minimum absolute atomic E-state index is 0.0336. The van der Waals surface area contributed by atoms with Crippen LogP contribution >= 0.6 is 0 Å². The van der Waals surface area contributed by atoms with Crippen molar-refractivity contribution in [2.45, 2.75) is 38.0 Å². The fraction of sp³-hybridized carbons (Fsp3) is 0.500. The Morgan fingerprint density at radius 1 is 1.38 bits per heavy atom. The number of aromatic nitrogens is 1. The van der Waals surface area contributed by atoms with Crippen molar-refractivity contribution in [2.24, 2.45) is 0 Å². The van der Waals surface area contributed by atoms with Gasteiger partial charge < -0.3 is 19.9 Å². The second-order valence-corrected chi connectivity index (χ2v) is 7.93. The van der Waals surface area contributed by atoms with Gasteiger partial charge >= 0.3 is 0 Å². The molecule has 2 aliphatic rings. The maximum Gasteiger partial charge on any atom is 0.253 e. The molecule has 1 aromatic heterocycles. The van der Waals surface area contributed by atoms with E-state index in [1.165, 1.54) is 0 Å². The average Bonchev–Trinajstić information content (AvgIpc) is 2.77. The molecule has 2 aromatic rings. The highest BCUT2D eigenvalue weighted by Gasteiger charge is 2.35. The summed E-state index contributed by atoms with van der Waals surface area (Å²) in [6.45, 7) is 5.03. The molecule has 3 heterocycles. The predicted molar refractivity (Wildman–Crippen MR) is 112 cm³/mol. The van der Waals surface area contributed by atoms with Gasteiger partial charge in [0.15, 0.2) is 6.10 Å². The minimum atomic E-state index is -0.506. The van der Waals surface area contributed by atoms with Crippen LogP contribution in [-0.4, -0.2) is 67.3 Å². The van der Waals surface area contributed by atoms with Gasteiger partial charge in [-0.3, -0.25) is 9.78 Å². The fourth-order valence-electron chi connectivity index (χ4n) is 4.38. The number of benzene rings is 1. The molecule has 0 aliphatic carbocycles. The Kier molecular flexibility index (Phi) is 5.65. The molecule has 2 fully saturated rings. The summed E-state index contributed by atoms with van der Waals surface area (Å²) in [6, 6.07) is 10.1. The number of nitrogens with zero attached hydrogens (tertiary/aromatic N) is 4. The zero-order valence-corrected chi connectivity index (χ0v) is 17.0. The van der Waals surface area contributed by atoms with Gasteiger partial charge in [0.05, 0.1) is 23.7 Å². The monoisotopic (exact) mass is 393 g/mol. The molecule has 1 aromatic carbocycles. The normalized spacial score (nSPS) is 24.9. The summed E-state index contributed by atoms with van der Waals surface area (Å²) in [7, 11) is 1.88. The van der Waals surface area contributed by atoms with E-state index in [4.69, 9.17) is 4.74 Å². The summed E-state index contributed by atoms with van der Waals surface area (Å²) in [6.07, 6.45) is 3.23. The summed E-state index contributed by atoms with van der Waals surface area (Å²) in [5.74, 6) is 0.0336. The topological polar surface area (TPSA) is 81.5 Å². The molecule has 3 atom stereocenters. The molecule has 1 amide bonds. The standard InChI is InChI=1S/C22H27N5O2/c1-15-13-27(19-8-7-16(11-23)21-18(19)6-4-10-25-21)14-20(29-15)22(28)26(2)17-5-3-9-24-12-17/h4,6-8,10,15,17,20,24H,3,5,9,12-14H2,1-2H3/t15-,17+,20-/m1/s1. The Labute approximate surface area is 171 Å². The number of pyridine rings is 1. The first-order valence-corrected chi connectivity index (χ1v) is 10.2. The Bertz CT molecular complexity index is 934. The average molecular weight is 393 g/mol. The maximum absolute atomic E-state index is 13.2. The lowest BCUT2D eigenvalue weighted by atomic mass is 10.0. The van der Waals surface area contributed by atoms with Crippen molar-refractivity contribution in [1.82, 2.24) is 15.2 Å². The van der Waals surface area contributed by atoms with E-state index in [-0.39, 0.29) is 18.1 Å². The molecule has 29 heavy (non-hydrogen) atoms. The third kappa shape index (κ3) is 3.91. The molecule has 0 unspecified atom stereocenters. The number of carbonyl (C=O) groups excluding carboxylic acids is 1. The highest BCUT2D eigenvalue weighted by molar-refractivity contribution is 5.95. The minimum Gasteiger partial charge on any atom is -0.365 e. The summed E-state index contributed by atoms with van der Waals surface area (Å²) in [5, 5.41) is 13.7. The third-order valence-corrected chi connectivity index (χ3v) is 5.91. The van der Waals surface area contributed by atoms with Crippen molar-refractivity contribution < 1.29 is 9.53 Å². The van der Waals surface area contributed by atoms with Crippen LogP contribution in [0.25, 0.3) is 10.9 Å². The molecule has 2 aliphatic heterocycles. The van der Waals surface area contributed by atoms with Crippen molar-refractivity contribution in [3.05, 3.63) is 36.0 Å². The maximum atomic E-state index is 13.2. The molecular formula is C22H27N5O2. The first kappa shape index (κ1) is 19.6. The second kappa shape index (κ2) is 8.36. The summed E-state index contributed by atoms with van der Waals surface area (Å²) in [5.41, 5.74) is 2.24. The van der Waals surface area contributed by atoms with E-state index in [0.29, 0.717) is 24.2 Å². The van der Waals surface area contributed by atoms with Crippen LogP contribution in [0.4, 0.5) is 5.69 Å². The van der Waals surface area contributed by atoms with Gasteiger partial charge in [-0.2, -0.15) is 5.26 Å². The van der Waals surface area contributed by atoms with Crippen LogP contribution in [0.5, 0.6) is 0 Å². The number of hydrogen-bond donors (Lipinski definition) is 1. The van der Waals surface area contributed by atoms with Crippen LogP contribution in [0.15, 0.2) is 30.5 Å². The predicted octanol–water partition coefficient (Wildman–Crippen LogP) is 1.91. The molecule has 4 rings (SSSR count). The Morgan fingerprint density at radius 2 is 2.24 bits per heavy atom. The van der Waals surface area contributed by atoms with E-state index in [9.17, 15) is 10.1 Å². The second-order valence-electron chi connectivity index (χ2n) is 7.93. The van der Waals surface area contributed by atoms with Gasteiger partial charge in [-0.05, 0) is 50.6 Å². The molecule has 2 saturated heterocycles. The molecule has 7 nitrogen and oxygen atoms in total. The number of likely N-dealkylation sites (N-methyl/N-ethyl adjacent to an activating group) is 1. The number of carbonyl (C=O) groups is 1. The van der Waals surface area contributed by atoms with Crippen molar-refractivity contribution >= 4 is 22.5 Å². The first-order valence-electron chi connectivity index (χ1n) is 10.2. The van der Waals surface area contributed by atoms with Gasteiger partial charge in [-0.15, -0.1) is 0 Å². The molecule has 7 heteroatoms. The number of ether oxygens (including phenoxy) is 1. The molecule has 152 valence electrons. The quantitative estimate of drug-likeness (QED) is 0.858.